The first-order valence-electron chi connectivity index (χ1n) is 13.7. The fourth-order valence-electron chi connectivity index (χ4n) is 6.23. The molecular formula is C35H30ClN2OS+. The van der Waals surface area contributed by atoms with Gasteiger partial charge >= 0.3 is 0 Å². The SMILES string of the molecule is C[N+](C)(CCCN1c2ccccc2Sc2ccc(Cl)cc21)CC(=O)c1ccc2ccc3cccc4ccc1c2c34. The zero-order valence-corrected chi connectivity index (χ0v) is 24.2. The molecule has 0 aromatic heterocycles. The van der Waals surface area contributed by atoms with Gasteiger partial charge in [0.15, 0.2) is 0 Å². The Labute approximate surface area is 243 Å². The third kappa shape index (κ3) is 4.41. The van der Waals surface area contributed by atoms with Crippen LogP contribution >= 0.6 is 23.4 Å². The number of para-hydroxylation sites is 1. The Balaban J connectivity index is 1.12. The van der Waals surface area contributed by atoms with Crippen molar-refractivity contribution in [2.24, 2.45) is 0 Å². The van der Waals surface area contributed by atoms with E-state index in [0.29, 0.717) is 11.0 Å². The molecule has 1 aliphatic heterocycles. The lowest BCUT2D eigenvalue weighted by Gasteiger charge is -2.34. The first kappa shape index (κ1) is 25.4. The van der Waals surface area contributed by atoms with E-state index in [2.05, 4.69) is 104 Å². The highest BCUT2D eigenvalue weighted by molar-refractivity contribution is 7.99. The minimum Gasteiger partial charge on any atom is -0.339 e. The van der Waals surface area contributed by atoms with E-state index in [9.17, 15) is 4.79 Å². The van der Waals surface area contributed by atoms with Crippen molar-refractivity contribution < 1.29 is 9.28 Å². The quantitative estimate of drug-likeness (QED) is 0.110. The molecule has 6 aromatic rings. The summed E-state index contributed by atoms with van der Waals surface area (Å²) in [6.45, 7) is 2.21. The van der Waals surface area contributed by atoms with E-state index in [1.807, 2.05) is 12.1 Å². The number of halogens is 1. The summed E-state index contributed by atoms with van der Waals surface area (Å²) in [4.78, 5) is 18.7. The number of ketones is 1. The molecule has 40 heavy (non-hydrogen) atoms. The number of carbonyl (C=O) groups is 1. The van der Waals surface area contributed by atoms with Crippen molar-refractivity contribution in [2.45, 2.75) is 16.2 Å². The summed E-state index contributed by atoms with van der Waals surface area (Å²) in [5, 5.41) is 7.88. The summed E-state index contributed by atoms with van der Waals surface area (Å²) in [6, 6.07) is 33.9. The molecule has 7 rings (SSSR count). The first-order valence-corrected chi connectivity index (χ1v) is 14.9. The van der Waals surface area contributed by atoms with Gasteiger partial charge in [-0.3, -0.25) is 4.79 Å². The highest BCUT2D eigenvalue weighted by Crippen LogP contribution is 2.48. The smallest absolute Gasteiger partial charge is 0.217 e. The van der Waals surface area contributed by atoms with Crippen LogP contribution in [-0.2, 0) is 0 Å². The van der Waals surface area contributed by atoms with Gasteiger partial charge in [0.05, 0.1) is 32.0 Å². The monoisotopic (exact) mass is 561 g/mol. The number of Topliss-reactive ketones (excluding diaryl/α,β-unsaturated/α-hetero) is 1. The van der Waals surface area contributed by atoms with Gasteiger partial charge in [-0.2, -0.15) is 0 Å². The number of hydrogen-bond acceptors (Lipinski definition) is 3. The number of quaternary nitrogens is 1. The van der Waals surface area contributed by atoms with E-state index in [0.717, 1.165) is 41.2 Å². The fraction of sp³-hybridized carbons (Fsp3) is 0.171. The maximum atomic E-state index is 13.8. The predicted molar refractivity (Wildman–Crippen MR) is 170 cm³/mol. The van der Waals surface area contributed by atoms with E-state index in [-0.39, 0.29) is 5.78 Å². The maximum Gasteiger partial charge on any atom is 0.217 e. The van der Waals surface area contributed by atoms with E-state index < -0.39 is 0 Å². The third-order valence-electron chi connectivity index (χ3n) is 8.13. The molecule has 0 aliphatic carbocycles. The van der Waals surface area contributed by atoms with Crippen molar-refractivity contribution >= 4 is 72.8 Å². The molecule has 0 fully saturated rings. The summed E-state index contributed by atoms with van der Waals surface area (Å²) in [5.41, 5.74) is 3.20. The molecule has 198 valence electrons. The van der Waals surface area contributed by atoms with Crippen LogP contribution in [0.3, 0.4) is 0 Å². The molecule has 0 spiro atoms. The summed E-state index contributed by atoms with van der Waals surface area (Å²) in [6.07, 6.45) is 0.948. The Bertz CT molecular complexity index is 1900. The largest absolute Gasteiger partial charge is 0.339 e. The standard InChI is InChI=1S/C35H30ClN2OS/c1-38(2,20-6-19-37-29-9-3-4-10-32(29)40-33-18-15-26(36)21-30(33)37)22-31(39)27-16-13-25-12-11-23-7-5-8-24-14-17-28(27)35(25)34(23)24/h3-5,7-18,21H,6,19-20,22H2,1-2H3/q+1. The molecule has 0 radical (unpaired) electrons. The van der Waals surface area contributed by atoms with Crippen LogP contribution in [0.2, 0.25) is 5.02 Å². The Morgan fingerprint density at radius 1 is 0.775 bits per heavy atom. The van der Waals surface area contributed by atoms with Gasteiger partial charge in [-0.25, -0.2) is 0 Å². The number of likely N-dealkylation sites (N-methyl/N-ethyl adjacent to an activating group) is 1. The van der Waals surface area contributed by atoms with Crippen molar-refractivity contribution in [3.05, 3.63) is 108 Å². The average molecular weight is 562 g/mol. The van der Waals surface area contributed by atoms with Gasteiger partial charge in [-0.05, 0) is 68.7 Å². The van der Waals surface area contributed by atoms with Crippen LogP contribution in [0.25, 0.3) is 32.3 Å². The topological polar surface area (TPSA) is 20.3 Å². The summed E-state index contributed by atoms with van der Waals surface area (Å²) in [5.74, 6) is 0.194. The number of fused-ring (bicyclic) bond motifs is 2. The van der Waals surface area contributed by atoms with Gasteiger partial charge in [0.2, 0.25) is 5.78 Å². The second kappa shape index (κ2) is 9.81. The van der Waals surface area contributed by atoms with Crippen LogP contribution < -0.4 is 4.90 Å². The Hall–Kier alpha value is -3.57. The Morgan fingerprint density at radius 2 is 1.48 bits per heavy atom. The van der Waals surface area contributed by atoms with Crippen LogP contribution in [0.4, 0.5) is 11.4 Å². The van der Waals surface area contributed by atoms with Crippen molar-refractivity contribution in [1.29, 1.82) is 0 Å². The third-order valence-corrected chi connectivity index (χ3v) is 9.50. The number of nitrogens with zero attached hydrogens (tertiary/aromatic N) is 2. The lowest BCUT2D eigenvalue weighted by molar-refractivity contribution is -0.881. The summed E-state index contributed by atoms with van der Waals surface area (Å²) in [7, 11) is 4.33. The molecule has 0 bridgehead atoms. The number of carbonyl (C=O) groups excluding carboxylic acids is 1. The summed E-state index contributed by atoms with van der Waals surface area (Å²) >= 11 is 8.20. The Morgan fingerprint density at radius 3 is 2.30 bits per heavy atom. The summed E-state index contributed by atoms with van der Waals surface area (Å²) < 4.78 is 0.632. The van der Waals surface area contributed by atoms with E-state index >= 15 is 0 Å². The van der Waals surface area contributed by atoms with Gasteiger partial charge in [0.1, 0.15) is 6.54 Å². The van der Waals surface area contributed by atoms with Crippen LogP contribution in [0, 0.1) is 0 Å². The van der Waals surface area contributed by atoms with Gasteiger partial charge in [-0.1, -0.05) is 84.0 Å². The van der Waals surface area contributed by atoms with Crippen molar-refractivity contribution in [2.75, 3.05) is 38.6 Å². The maximum absolute atomic E-state index is 13.8. The zero-order valence-electron chi connectivity index (χ0n) is 22.7. The minimum absolute atomic E-state index is 0.194. The van der Waals surface area contributed by atoms with Crippen molar-refractivity contribution in [3.8, 4) is 0 Å². The number of anilines is 2. The van der Waals surface area contributed by atoms with Gasteiger partial charge in [0.25, 0.3) is 0 Å². The van der Waals surface area contributed by atoms with Gasteiger partial charge < -0.3 is 9.38 Å². The minimum atomic E-state index is 0.194. The second-order valence-corrected chi connectivity index (χ2v) is 12.9. The molecular weight excluding hydrogens is 532 g/mol. The second-order valence-electron chi connectivity index (χ2n) is 11.4. The molecule has 0 amide bonds. The zero-order chi connectivity index (χ0) is 27.4. The molecule has 0 N–H and O–H groups in total. The first-order chi connectivity index (χ1) is 19.4. The molecule has 0 unspecified atom stereocenters. The molecule has 0 saturated heterocycles. The number of hydrogen-bond donors (Lipinski definition) is 0. The van der Waals surface area contributed by atoms with E-state index in [4.69, 9.17) is 11.6 Å². The normalized spacial score (nSPS) is 13.2. The highest BCUT2D eigenvalue weighted by atomic mass is 35.5. The van der Waals surface area contributed by atoms with Crippen LogP contribution in [0.5, 0.6) is 0 Å². The van der Waals surface area contributed by atoms with Crippen molar-refractivity contribution in [3.63, 3.8) is 0 Å². The van der Waals surface area contributed by atoms with Crippen molar-refractivity contribution in [1.82, 2.24) is 0 Å². The number of rotatable bonds is 7. The van der Waals surface area contributed by atoms with Crippen LogP contribution in [0.1, 0.15) is 16.8 Å². The molecule has 1 heterocycles. The molecule has 5 heteroatoms. The van der Waals surface area contributed by atoms with Gasteiger partial charge in [0, 0.05) is 33.3 Å². The van der Waals surface area contributed by atoms with E-state index in [1.165, 1.54) is 42.4 Å². The molecule has 0 atom stereocenters. The highest BCUT2D eigenvalue weighted by Gasteiger charge is 2.26. The molecule has 0 saturated carbocycles. The van der Waals surface area contributed by atoms with Crippen LogP contribution in [-0.4, -0.2) is 44.0 Å². The van der Waals surface area contributed by atoms with Gasteiger partial charge in [-0.15, -0.1) is 0 Å². The lowest BCUT2D eigenvalue weighted by Crippen LogP contribution is -2.45. The molecule has 6 aromatic carbocycles. The molecule has 1 aliphatic rings. The molecule has 3 nitrogen and oxygen atoms in total. The lowest BCUT2D eigenvalue weighted by atomic mass is 9.91. The Kier molecular flexibility index (Phi) is 6.23. The van der Waals surface area contributed by atoms with Crippen LogP contribution in [0.15, 0.2) is 107 Å². The number of benzene rings is 6. The predicted octanol–water partition coefficient (Wildman–Crippen LogP) is 9.19. The fourth-order valence-corrected chi connectivity index (χ4v) is 7.47. The average Bonchev–Trinajstić information content (AvgIpc) is 2.95. The van der Waals surface area contributed by atoms with E-state index in [1.54, 1.807) is 11.8 Å².